The highest BCUT2D eigenvalue weighted by molar-refractivity contribution is 6.31. The Bertz CT molecular complexity index is 3520. The van der Waals surface area contributed by atoms with Crippen LogP contribution in [0.3, 0.4) is 0 Å². The van der Waals surface area contributed by atoms with Crippen molar-refractivity contribution < 1.29 is 13.7 Å². The fraction of sp³-hybridized carbons (Fsp3) is 0.160. The Balaban J connectivity index is 1.32. The molecule has 0 radical (unpaired) electrons. The number of hydrogen-bond donors (Lipinski definition) is 0. The van der Waals surface area contributed by atoms with E-state index in [1.54, 1.807) is 0 Å². The highest BCUT2D eigenvalue weighted by Gasteiger charge is 2.26. The summed E-state index contributed by atoms with van der Waals surface area (Å²) in [7, 11) is 0. The van der Waals surface area contributed by atoms with E-state index in [-0.39, 0.29) is 70.3 Å². The van der Waals surface area contributed by atoms with Crippen LogP contribution in [-0.4, -0.2) is 8.80 Å². The van der Waals surface area contributed by atoms with Gasteiger partial charge in [-0.2, -0.15) is 0 Å². The van der Waals surface area contributed by atoms with Crippen LogP contribution in [-0.2, 0) is 10.8 Å². The van der Waals surface area contributed by atoms with Gasteiger partial charge in [-0.05, 0) is 80.6 Å². The van der Waals surface area contributed by atoms with E-state index in [2.05, 4.69) is 98.9 Å². The van der Waals surface area contributed by atoms with Crippen LogP contribution in [0.25, 0.3) is 98.4 Å². The maximum Gasteiger partial charge on any atom is 0.0629 e. The number of benzene rings is 7. The molecule has 4 heterocycles. The summed E-state index contributed by atoms with van der Waals surface area (Å²) in [5.74, 6) is 0. The van der Waals surface area contributed by atoms with Gasteiger partial charge in [0.25, 0.3) is 0 Å². The van der Waals surface area contributed by atoms with E-state index in [0.29, 0.717) is 11.1 Å². The maximum atomic E-state index is 9.01. The molecule has 0 N–H and O–H groups in total. The Morgan fingerprint density at radius 1 is 0.404 bits per heavy atom. The first-order valence-electron chi connectivity index (χ1n) is 22.8. The highest BCUT2D eigenvalue weighted by atomic mass is 14.9. The molecule has 0 fully saturated rings. The summed E-state index contributed by atoms with van der Waals surface area (Å²) in [6, 6.07) is 21.8. The molecule has 0 aliphatic carbocycles. The lowest BCUT2D eigenvalue weighted by atomic mass is 9.86. The molecule has 4 aromatic heterocycles. The van der Waals surface area contributed by atoms with E-state index < -0.39 is 12.1 Å². The molecular weight excluding hydrogens is 629 g/mol. The maximum absolute atomic E-state index is 9.01. The molecule has 0 saturated heterocycles. The molecular formula is C50H40N2. The normalized spacial score (nSPS) is 15.9. The van der Waals surface area contributed by atoms with Gasteiger partial charge in [0.05, 0.1) is 46.8 Å². The molecule has 0 atom stereocenters. The monoisotopic (exact) mass is 678 g/mol. The fourth-order valence-electron chi connectivity index (χ4n) is 8.73. The van der Waals surface area contributed by atoms with Crippen LogP contribution in [0.4, 0.5) is 0 Å². The van der Waals surface area contributed by atoms with E-state index in [0.717, 1.165) is 87.3 Å². The second-order valence-electron chi connectivity index (χ2n) is 16.3. The van der Waals surface area contributed by atoms with E-state index in [1.165, 1.54) is 0 Å². The third kappa shape index (κ3) is 3.85. The second kappa shape index (κ2) is 9.92. The Labute approximate surface area is 317 Å². The first-order chi connectivity index (χ1) is 29.2. The lowest BCUT2D eigenvalue weighted by Crippen LogP contribution is -2.10. The van der Waals surface area contributed by atoms with Gasteiger partial charge in [-0.15, -0.1) is 0 Å². The van der Waals surface area contributed by atoms with Gasteiger partial charge in [-0.1, -0.05) is 138 Å². The molecule has 11 aromatic rings. The third-order valence-corrected chi connectivity index (χ3v) is 11.3. The molecule has 250 valence electrons. The Kier molecular flexibility index (Phi) is 4.10. The number of fused-ring (bicyclic) bond motifs is 12. The number of rotatable bonds is 2. The Morgan fingerprint density at radius 2 is 0.808 bits per heavy atom. The molecule has 52 heavy (non-hydrogen) atoms. The minimum absolute atomic E-state index is 0.167. The van der Waals surface area contributed by atoms with Crippen molar-refractivity contribution in [2.45, 2.75) is 52.4 Å². The summed E-state index contributed by atoms with van der Waals surface area (Å²) in [5, 5.41) is 7.40. The molecule has 11 rings (SSSR count). The molecule has 2 heteroatoms. The molecule has 0 unspecified atom stereocenters. The first-order valence-corrected chi connectivity index (χ1v) is 17.8. The summed E-state index contributed by atoms with van der Waals surface area (Å²) >= 11 is 0. The average molecular weight is 679 g/mol. The quantitative estimate of drug-likeness (QED) is 0.172. The third-order valence-electron chi connectivity index (χ3n) is 11.3. The minimum atomic E-state index is -0.428. The SMILES string of the molecule is [2H]c1c([2H])c([2H])c(-c2ccc3c4cc5c(cc4n4c6ccc(C(C)(C)C)cc6c2c34)c2ccc(-c3c([2H])c([2H])c([2H])c([2H])c3[2H])c3c4cc(C(C)(C)C)ccc4n5c23)c([2H])c1[2H]. The van der Waals surface area contributed by atoms with E-state index in [1.807, 2.05) is 24.3 Å². The fourth-order valence-corrected chi connectivity index (χ4v) is 8.73. The summed E-state index contributed by atoms with van der Waals surface area (Å²) in [6.07, 6.45) is 0. The van der Waals surface area contributed by atoms with Crippen LogP contribution in [0.1, 0.15) is 66.4 Å². The van der Waals surface area contributed by atoms with Gasteiger partial charge in [0.1, 0.15) is 0 Å². The largest absolute Gasteiger partial charge is 0.308 e. The molecule has 2 nitrogen and oxygen atoms in total. The van der Waals surface area contributed by atoms with Crippen molar-refractivity contribution in [1.29, 1.82) is 0 Å². The summed E-state index contributed by atoms with van der Waals surface area (Å²) < 4.78 is 91.4. The molecule has 0 spiro atoms. The smallest absolute Gasteiger partial charge is 0.0629 e. The molecule has 7 aromatic carbocycles. The Hall–Kier alpha value is -5.86. The summed E-state index contributed by atoms with van der Waals surface area (Å²) in [4.78, 5) is 0. The number of aromatic nitrogens is 2. The number of nitrogens with zero attached hydrogens (tertiary/aromatic N) is 2. The molecule has 0 bridgehead atoms. The first kappa shape index (κ1) is 21.5. The zero-order valence-corrected chi connectivity index (χ0v) is 29.8. The van der Waals surface area contributed by atoms with Crippen molar-refractivity contribution in [2.24, 2.45) is 0 Å². The zero-order chi connectivity index (χ0) is 44.0. The van der Waals surface area contributed by atoms with Crippen LogP contribution in [0.15, 0.2) is 133 Å². The van der Waals surface area contributed by atoms with Gasteiger partial charge in [0.15, 0.2) is 0 Å². The molecule has 0 aliphatic rings. The van der Waals surface area contributed by atoms with Crippen LogP contribution in [0.2, 0.25) is 0 Å². The van der Waals surface area contributed by atoms with Crippen molar-refractivity contribution in [1.82, 2.24) is 8.80 Å². The standard InChI is InChI=1S/C50H40N2/c1-49(2,3)31-17-23-41-39(25-31)45-33(29-13-9-7-10-14-29)19-21-35-37-28-44-38(27-43(37)51(41)47(35)45)36-22-20-34(30-15-11-8-12-16-30)46-40-26-32(50(4,5)6)18-24-42(40)52(44)48(36)46/h7-28H,1-6H3/i7D,8D,9D,10D,11D,12D,13D,14D,15D,16D. The lowest BCUT2D eigenvalue weighted by molar-refractivity contribution is 0.591. The molecule has 0 aliphatic heterocycles. The van der Waals surface area contributed by atoms with E-state index in [9.17, 15) is 0 Å². The second-order valence-corrected chi connectivity index (χ2v) is 16.3. The minimum Gasteiger partial charge on any atom is -0.308 e. The van der Waals surface area contributed by atoms with Crippen LogP contribution in [0, 0.1) is 0 Å². The molecule has 0 amide bonds. The van der Waals surface area contributed by atoms with Crippen molar-refractivity contribution in [3.05, 3.63) is 144 Å². The zero-order valence-electron chi connectivity index (χ0n) is 39.8. The predicted molar refractivity (Wildman–Crippen MR) is 224 cm³/mol. The van der Waals surface area contributed by atoms with Gasteiger partial charge in [-0.3, -0.25) is 0 Å². The average Bonchev–Trinajstić information content (AvgIpc) is 3.95. The van der Waals surface area contributed by atoms with Gasteiger partial charge >= 0.3 is 0 Å². The van der Waals surface area contributed by atoms with Gasteiger partial charge in [0.2, 0.25) is 0 Å². The number of hydrogen-bond acceptors (Lipinski definition) is 0. The van der Waals surface area contributed by atoms with E-state index in [4.69, 9.17) is 13.7 Å². The summed E-state index contributed by atoms with van der Waals surface area (Å²) in [5.41, 5.74) is 8.93. The summed E-state index contributed by atoms with van der Waals surface area (Å²) in [6.45, 7) is 13.0. The van der Waals surface area contributed by atoms with Gasteiger partial charge < -0.3 is 8.80 Å². The van der Waals surface area contributed by atoms with Crippen LogP contribution < -0.4 is 0 Å². The van der Waals surface area contributed by atoms with Gasteiger partial charge in [-0.25, -0.2) is 0 Å². The van der Waals surface area contributed by atoms with Crippen molar-refractivity contribution >= 4 is 76.2 Å². The predicted octanol–water partition coefficient (Wildman–Crippen LogP) is 13.9. The van der Waals surface area contributed by atoms with Crippen molar-refractivity contribution in [3.63, 3.8) is 0 Å². The van der Waals surface area contributed by atoms with Crippen molar-refractivity contribution in [3.8, 4) is 22.3 Å². The topological polar surface area (TPSA) is 8.82 Å². The Morgan fingerprint density at radius 3 is 1.19 bits per heavy atom. The highest BCUT2D eigenvalue weighted by Crippen LogP contribution is 2.49. The van der Waals surface area contributed by atoms with Crippen LogP contribution >= 0.6 is 0 Å². The van der Waals surface area contributed by atoms with Crippen molar-refractivity contribution in [2.75, 3.05) is 0 Å². The van der Waals surface area contributed by atoms with E-state index >= 15 is 0 Å². The molecule has 0 saturated carbocycles. The lowest BCUT2D eigenvalue weighted by Gasteiger charge is -2.19. The van der Waals surface area contributed by atoms with Gasteiger partial charge in [0, 0.05) is 43.1 Å². The van der Waals surface area contributed by atoms with Crippen LogP contribution in [0.5, 0.6) is 0 Å².